The molecule has 7 nitrogen and oxygen atoms in total. The third-order valence-electron chi connectivity index (χ3n) is 4.84. The lowest BCUT2D eigenvalue weighted by molar-refractivity contribution is -0.119. The van der Waals surface area contributed by atoms with Gasteiger partial charge in [0.05, 0.1) is 4.90 Å². The lowest BCUT2D eigenvalue weighted by atomic mass is 10.0. The molecule has 0 saturated carbocycles. The van der Waals surface area contributed by atoms with E-state index in [2.05, 4.69) is 0 Å². The Bertz CT molecular complexity index is 761. The van der Waals surface area contributed by atoms with Crippen LogP contribution in [0.1, 0.15) is 38.5 Å². The Labute approximate surface area is 147 Å². The Morgan fingerprint density at radius 3 is 2.44 bits per heavy atom. The van der Waals surface area contributed by atoms with Crippen LogP contribution in [0.25, 0.3) is 0 Å². The Balaban J connectivity index is 1.83. The molecule has 1 unspecified atom stereocenters. The minimum Gasteiger partial charge on any atom is -0.370 e. The highest BCUT2D eigenvalue weighted by molar-refractivity contribution is 7.89. The zero-order valence-electron chi connectivity index (χ0n) is 14.1. The first-order valence-corrected chi connectivity index (χ1v) is 10.0. The molecule has 1 atom stereocenters. The van der Waals surface area contributed by atoms with E-state index in [-0.39, 0.29) is 23.3 Å². The van der Waals surface area contributed by atoms with Crippen LogP contribution in [0.5, 0.6) is 0 Å². The zero-order valence-corrected chi connectivity index (χ0v) is 14.9. The number of nitrogens with zero attached hydrogens (tertiary/aromatic N) is 2. The molecule has 1 aromatic carbocycles. The van der Waals surface area contributed by atoms with Gasteiger partial charge in [-0.15, -0.1) is 0 Å². The molecule has 8 heteroatoms. The highest BCUT2D eigenvalue weighted by atomic mass is 32.2. The van der Waals surface area contributed by atoms with Gasteiger partial charge >= 0.3 is 0 Å². The van der Waals surface area contributed by atoms with Crippen LogP contribution in [0.2, 0.25) is 0 Å². The molecule has 25 heavy (non-hydrogen) atoms. The lowest BCUT2D eigenvalue weighted by Gasteiger charge is -2.34. The normalized spacial score (nSPS) is 22.3. The first-order valence-electron chi connectivity index (χ1n) is 8.60. The van der Waals surface area contributed by atoms with Crippen molar-refractivity contribution in [3.8, 4) is 0 Å². The van der Waals surface area contributed by atoms with E-state index >= 15 is 0 Å². The van der Waals surface area contributed by atoms with Crippen molar-refractivity contribution in [1.82, 2.24) is 4.31 Å². The average molecular weight is 365 g/mol. The molecule has 2 N–H and O–H groups in total. The van der Waals surface area contributed by atoms with Gasteiger partial charge in [0.1, 0.15) is 0 Å². The standard InChI is InChI=1S/C17H23N3O4S/c18-16(21)12-14-4-1-2-11-20(14)25(23,24)15-8-6-13(7-9-15)19-10-3-5-17(19)22/h6-9,14H,1-5,10-12H2,(H2,18,21). The fraction of sp³-hybridized carbons (Fsp3) is 0.529. The number of hydrogen-bond donors (Lipinski definition) is 1. The minimum atomic E-state index is -3.69. The molecule has 0 aromatic heterocycles. The number of nitrogens with two attached hydrogens (primary N) is 1. The van der Waals surface area contributed by atoms with Crippen molar-refractivity contribution in [3.05, 3.63) is 24.3 Å². The van der Waals surface area contributed by atoms with E-state index in [9.17, 15) is 18.0 Å². The molecule has 1 aromatic rings. The Kier molecular flexibility index (Phi) is 5.10. The molecule has 136 valence electrons. The number of primary amides is 1. The van der Waals surface area contributed by atoms with Gasteiger partial charge in [-0.3, -0.25) is 9.59 Å². The average Bonchev–Trinajstić information content (AvgIpc) is 3.01. The van der Waals surface area contributed by atoms with Crippen molar-refractivity contribution in [2.45, 2.75) is 49.5 Å². The quantitative estimate of drug-likeness (QED) is 0.848. The molecule has 3 rings (SSSR count). The SMILES string of the molecule is NC(=O)CC1CCCCN1S(=O)(=O)c1ccc(N2CCCC2=O)cc1. The summed E-state index contributed by atoms with van der Waals surface area (Å²) in [6, 6.07) is 6.03. The van der Waals surface area contributed by atoms with Crippen LogP contribution in [-0.2, 0) is 19.6 Å². The van der Waals surface area contributed by atoms with Gasteiger partial charge in [-0.25, -0.2) is 8.42 Å². The van der Waals surface area contributed by atoms with Gasteiger partial charge in [-0.2, -0.15) is 4.31 Å². The monoisotopic (exact) mass is 365 g/mol. The Hall–Kier alpha value is -1.93. The van der Waals surface area contributed by atoms with Crippen LogP contribution >= 0.6 is 0 Å². The summed E-state index contributed by atoms with van der Waals surface area (Å²) in [5, 5.41) is 0. The predicted molar refractivity (Wildman–Crippen MR) is 93.4 cm³/mol. The van der Waals surface area contributed by atoms with Crippen LogP contribution in [0.4, 0.5) is 5.69 Å². The molecule has 2 heterocycles. The van der Waals surface area contributed by atoms with E-state index in [4.69, 9.17) is 5.73 Å². The van der Waals surface area contributed by atoms with Gasteiger partial charge in [-0.1, -0.05) is 6.42 Å². The lowest BCUT2D eigenvalue weighted by Crippen LogP contribution is -2.45. The van der Waals surface area contributed by atoms with Gasteiger partial charge < -0.3 is 10.6 Å². The molecule has 0 radical (unpaired) electrons. The third-order valence-corrected chi connectivity index (χ3v) is 6.80. The van der Waals surface area contributed by atoms with Crippen molar-refractivity contribution in [3.63, 3.8) is 0 Å². The highest BCUT2D eigenvalue weighted by Gasteiger charge is 2.34. The Morgan fingerprint density at radius 2 is 1.84 bits per heavy atom. The maximum Gasteiger partial charge on any atom is 0.243 e. The van der Waals surface area contributed by atoms with E-state index in [1.165, 1.54) is 16.4 Å². The summed E-state index contributed by atoms with van der Waals surface area (Å²) in [6.07, 6.45) is 3.70. The van der Waals surface area contributed by atoms with E-state index < -0.39 is 15.9 Å². The number of anilines is 1. The first kappa shape index (κ1) is 17.9. The highest BCUT2D eigenvalue weighted by Crippen LogP contribution is 2.29. The zero-order chi connectivity index (χ0) is 18.0. The van der Waals surface area contributed by atoms with Crippen LogP contribution < -0.4 is 10.6 Å². The first-order chi connectivity index (χ1) is 11.9. The molecule has 2 amide bonds. The van der Waals surface area contributed by atoms with E-state index in [0.717, 1.165) is 19.3 Å². The van der Waals surface area contributed by atoms with Gasteiger partial charge in [-0.05, 0) is 43.5 Å². The summed E-state index contributed by atoms with van der Waals surface area (Å²) in [6.45, 7) is 1.06. The van der Waals surface area contributed by atoms with Crippen LogP contribution in [0.3, 0.4) is 0 Å². The number of rotatable bonds is 5. The second-order valence-corrected chi connectivity index (χ2v) is 8.47. The van der Waals surface area contributed by atoms with Gasteiger partial charge in [0.2, 0.25) is 21.8 Å². The minimum absolute atomic E-state index is 0.0413. The van der Waals surface area contributed by atoms with Crippen LogP contribution in [0.15, 0.2) is 29.2 Å². The Morgan fingerprint density at radius 1 is 1.12 bits per heavy atom. The summed E-state index contributed by atoms with van der Waals surface area (Å²) >= 11 is 0. The number of sulfonamides is 1. The maximum atomic E-state index is 13.0. The molecule has 0 aliphatic carbocycles. The van der Waals surface area contributed by atoms with E-state index in [1.807, 2.05) is 0 Å². The molecule has 0 bridgehead atoms. The molecular formula is C17H23N3O4S. The van der Waals surface area contributed by atoms with Crippen molar-refractivity contribution >= 4 is 27.5 Å². The number of benzene rings is 1. The molecule has 2 aliphatic rings. The number of carbonyl (C=O) groups is 2. The van der Waals surface area contributed by atoms with E-state index in [0.29, 0.717) is 31.6 Å². The summed E-state index contributed by atoms with van der Waals surface area (Å²) in [4.78, 5) is 24.9. The second kappa shape index (κ2) is 7.13. The molecule has 2 fully saturated rings. The van der Waals surface area contributed by atoms with Crippen molar-refractivity contribution in [2.75, 3.05) is 18.0 Å². The van der Waals surface area contributed by atoms with Crippen LogP contribution in [-0.4, -0.2) is 43.7 Å². The van der Waals surface area contributed by atoms with Crippen molar-refractivity contribution < 1.29 is 18.0 Å². The second-order valence-electron chi connectivity index (χ2n) is 6.58. The molecular weight excluding hydrogens is 342 g/mol. The van der Waals surface area contributed by atoms with Gasteiger partial charge in [0.15, 0.2) is 0 Å². The summed E-state index contributed by atoms with van der Waals surface area (Å²) in [5.41, 5.74) is 5.99. The molecule has 2 saturated heterocycles. The predicted octanol–water partition coefficient (Wildman–Crippen LogP) is 1.23. The number of piperidine rings is 1. The smallest absolute Gasteiger partial charge is 0.243 e. The van der Waals surface area contributed by atoms with Gasteiger partial charge in [0, 0.05) is 37.7 Å². The third kappa shape index (κ3) is 3.69. The number of amides is 2. The van der Waals surface area contributed by atoms with Crippen molar-refractivity contribution in [2.24, 2.45) is 5.73 Å². The summed E-state index contributed by atoms with van der Waals surface area (Å²) < 4.78 is 27.3. The van der Waals surface area contributed by atoms with Gasteiger partial charge in [0.25, 0.3) is 0 Å². The largest absolute Gasteiger partial charge is 0.370 e. The fourth-order valence-corrected chi connectivity index (χ4v) is 5.27. The summed E-state index contributed by atoms with van der Waals surface area (Å²) in [7, 11) is -3.69. The number of carbonyl (C=O) groups excluding carboxylic acids is 2. The molecule has 0 spiro atoms. The topological polar surface area (TPSA) is 101 Å². The maximum absolute atomic E-state index is 13.0. The molecule has 2 aliphatic heterocycles. The number of hydrogen-bond acceptors (Lipinski definition) is 4. The summed E-state index contributed by atoms with van der Waals surface area (Å²) in [5.74, 6) is -0.428. The van der Waals surface area contributed by atoms with Crippen LogP contribution in [0, 0.1) is 0 Å². The van der Waals surface area contributed by atoms with E-state index in [1.54, 1.807) is 17.0 Å². The fourth-order valence-electron chi connectivity index (χ4n) is 3.58. The van der Waals surface area contributed by atoms with Crippen molar-refractivity contribution in [1.29, 1.82) is 0 Å².